The smallest absolute Gasteiger partial charge is 0.328 e. The molecule has 0 saturated carbocycles. The number of unbranched alkanes of at least 4 members (excludes halogenated alkanes) is 8. The van der Waals surface area contributed by atoms with Gasteiger partial charge in [0, 0.05) is 0 Å². The molecule has 0 rings (SSSR count). The molecule has 0 aromatic heterocycles. The minimum atomic E-state index is -1.65. The predicted octanol–water partition coefficient (Wildman–Crippen LogP) is 7.23. The van der Waals surface area contributed by atoms with E-state index in [1.807, 2.05) is 0 Å². The number of hydrogen-bond acceptors (Lipinski definition) is 3. The Morgan fingerprint density at radius 2 is 0.917 bits per heavy atom. The SMILES string of the molecule is CC(C)CCCCCCCOP(O)OCCCCCCCC(C)C. The van der Waals surface area contributed by atoms with E-state index in [9.17, 15) is 4.89 Å². The summed E-state index contributed by atoms with van der Waals surface area (Å²) in [6.45, 7) is 10.4. The third kappa shape index (κ3) is 20.4. The summed E-state index contributed by atoms with van der Waals surface area (Å²) in [5, 5.41) is 0. The van der Waals surface area contributed by atoms with Gasteiger partial charge in [0.1, 0.15) is 0 Å². The van der Waals surface area contributed by atoms with Crippen LogP contribution in [-0.4, -0.2) is 18.1 Å². The molecule has 0 aliphatic rings. The van der Waals surface area contributed by atoms with E-state index in [1.165, 1.54) is 64.2 Å². The Morgan fingerprint density at radius 3 is 1.29 bits per heavy atom. The highest BCUT2D eigenvalue weighted by Gasteiger charge is 2.06. The monoisotopic (exact) mass is 362 g/mol. The van der Waals surface area contributed by atoms with Crippen molar-refractivity contribution in [1.82, 2.24) is 0 Å². The van der Waals surface area contributed by atoms with Crippen molar-refractivity contribution in [2.75, 3.05) is 13.2 Å². The van der Waals surface area contributed by atoms with E-state index >= 15 is 0 Å². The molecule has 0 aliphatic carbocycles. The lowest BCUT2D eigenvalue weighted by atomic mass is 10.0. The first-order valence-electron chi connectivity index (χ1n) is 10.3. The van der Waals surface area contributed by atoms with Crippen LogP contribution in [0, 0.1) is 11.8 Å². The van der Waals surface area contributed by atoms with Gasteiger partial charge in [0.05, 0.1) is 13.2 Å². The van der Waals surface area contributed by atoms with E-state index in [-0.39, 0.29) is 0 Å². The van der Waals surface area contributed by atoms with Gasteiger partial charge in [-0.15, -0.1) is 0 Å². The summed E-state index contributed by atoms with van der Waals surface area (Å²) < 4.78 is 10.7. The zero-order valence-corrected chi connectivity index (χ0v) is 17.7. The third-order valence-corrected chi connectivity index (χ3v) is 5.06. The minimum Gasteiger partial charge on any atom is -0.328 e. The summed E-state index contributed by atoms with van der Waals surface area (Å²) in [7, 11) is -1.65. The van der Waals surface area contributed by atoms with Crippen LogP contribution in [0.4, 0.5) is 0 Å². The molecule has 0 amide bonds. The molecule has 0 aromatic carbocycles. The Labute approximate surface area is 152 Å². The van der Waals surface area contributed by atoms with Crippen LogP contribution in [0.2, 0.25) is 0 Å². The molecule has 0 radical (unpaired) electrons. The van der Waals surface area contributed by atoms with Crippen molar-refractivity contribution in [3.63, 3.8) is 0 Å². The second-order valence-corrected chi connectivity index (χ2v) is 8.80. The van der Waals surface area contributed by atoms with Crippen molar-refractivity contribution in [3.05, 3.63) is 0 Å². The van der Waals surface area contributed by atoms with Crippen LogP contribution in [0.25, 0.3) is 0 Å². The highest BCUT2D eigenvalue weighted by molar-refractivity contribution is 7.40. The van der Waals surface area contributed by atoms with E-state index in [4.69, 9.17) is 9.05 Å². The van der Waals surface area contributed by atoms with Crippen molar-refractivity contribution in [2.45, 2.75) is 105 Å². The zero-order chi connectivity index (χ0) is 18.0. The normalized spacial score (nSPS) is 12.0. The van der Waals surface area contributed by atoms with E-state index in [2.05, 4.69) is 27.7 Å². The van der Waals surface area contributed by atoms with E-state index in [0.717, 1.165) is 24.7 Å². The average molecular weight is 363 g/mol. The molecule has 0 aliphatic heterocycles. The molecular formula is C20H43O3P. The Morgan fingerprint density at radius 1 is 0.583 bits per heavy atom. The molecule has 0 heterocycles. The molecular weight excluding hydrogens is 319 g/mol. The van der Waals surface area contributed by atoms with Gasteiger partial charge >= 0.3 is 8.60 Å². The van der Waals surface area contributed by atoms with Crippen LogP contribution in [0.3, 0.4) is 0 Å². The number of rotatable bonds is 18. The van der Waals surface area contributed by atoms with Gasteiger partial charge in [-0.05, 0) is 24.7 Å². The summed E-state index contributed by atoms with van der Waals surface area (Å²) in [6, 6.07) is 0. The van der Waals surface area contributed by atoms with E-state index < -0.39 is 8.60 Å². The summed E-state index contributed by atoms with van der Waals surface area (Å²) in [5.74, 6) is 1.65. The molecule has 24 heavy (non-hydrogen) atoms. The fraction of sp³-hybridized carbons (Fsp3) is 1.00. The molecule has 0 aromatic rings. The zero-order valence-electron chi connectivity index (χ0n) is 16.8. The molecule has 0 fully saturated rings. The van der Waals surface area contributed by atoms with Crippen molar-refractivity contribution < 1.29 is 13.9 Å². The lowest BCUT2D eigenvalue weighted by Crippen LogP contribution is -1.96. The van der Waals surface area contributed by atoms with Crippen molar-refractivity contribution in [2.24, 2.45) is 11.8 Å². The highest BCUT2D eigenvalue weighted by atomic mass is 31.2. The number of hydrogen-bond donors (Lipinski definition) is 1. The molecule has 0 spiro atoms. The van der Waals surface area contributed by atoms with E-state index in [0.29, 0.717) is 13.2 Å². The Kier molecular flexibility index (Phi) is 18.3. The first-order chi connectivity index (χ1) is 11.5. The van der Waals surface area contributed by atoms with Crippen LogP contribution in [-0.2, 0) is 9.05 Å². The standard InChI is InChI=1S/C20H43O3P/c1-19(2)15-11-7-5-9-13-17-22-24(21)23-18-14-10-6-8-12-16-20(3)4/h19-21H,5-18H2,1-4H3. The first kappa shape index (κ1) is 24.3. The Balaban J connectivity index is 3.17. The lowest BCUT2D eigenvalue weighted by Gasteiger charge is -2.11. The van der Waals surface area contributed by atoms with Gasteiger partial charge in [0.25, 0.3) is 0 Å². The molecule has 4 heteroatoms. The van der Waals surface area contributed by atoms with Crippen molar-refractivity contribution >= 4 is 8.60 Å². The topological polar surface area (TPSA) is 38.7 Å². The fourth-order valence-corrected chi connectivity index (χ4v) is 3.34. The van der Waals surface area contributed by atoms with Crippen LogP contribution < -0.4 is 0 Å². The Hall–Kier alpha value is 0.310. The van der Waals surface area contributed by atoms with Gasteiger partial charge in [0.15, 0.2) is 0 Å². The maximum Gasteiger partial charge on any atom is 0.329 e. The summed E-state index contributed by atoms with van der Waals surface area (Å²) in [6.07, 6.45) is 15.0. The summed E-state index contributed by atoms with van der Waals surface area (Å²) in [4.78, 5) is 9.67. The van der Waals surface area contributed by atoms with Gasteiger partial charge in [-0.1, -0.05) is 91.9 Å². The van der Waals surface area contributed by atoms with Crippen LogP contribution in [0.1, 0.15) is 105 Å². The first-order valence-corrected chi connectivity index (χ1v) is 11.4. The molecule has 0 bridgehead atoms. The highest BCUT2D eigenvalue weighted by Crippen LogP contribution is 2.33. The van der Waals surface area contributed by atoms with Crippen molar-refractivity contribution in [3.8, 4) is 0 Å². The third-order valence-electron chi connectivity index (χ3n) is 4.26. The van der Waals surface area contributed by atoms with Gasteiger partial charge in [-0.2, -0.15) is 0 Å². The van der Waals surface area contributed by atoms with E-state index in [1.54, 1.807) is 0 Å². The molecule has 1 N–H and O–H groups in total. The molecule has 0 unspecified atom stereocenters. The van der Waals surface area contributed by atoms with Crippen LogP contribution in [0.15, 0.2) is 0 Å². The Bertz CT molecular complexity index is 223. The molecule has 0 atom stereocenters. The quantitative estimate of drug-likeness (QED) is 0.206. The van der Waals surface area contributed by atoms with Gasteiger partial charge in [0.2, 0.25) is 0 Å². The maximum atomic E-state index is 9.67. The molecule has 146 valence electrons. The van der Waals surface area contributed by atoms with Crippen LogP contribution >= 0.6 is 8.60 Å². The van der Waals surface area contributed by atoms with Gasteiger partial charge < -0.3 is 13.9 Å². The maximum absolute atomic E-state index is 9.67. The summed E-state index contributed by atoms with van der Waals surface area (Å²) >= 11 is 0. The minimum absolute atomic E-state index is 0.627. The predicted molar refractivity (Wildman–Crippen MR) is 106 cm³/mol. The van der Waals surface area contributed by atoms with Crippen molar-refractivity contribution in [1.29, 1.82) is 0 Å². The second-order valence-electron chi connectivity index (χ2n) is 7.80. The van der Waals surface area contributed by atoms with Gasteiger partial charge in [-0.25, -0.2) is 0 Å². The fourth-order valence-electron chi connectivity index (χ4n) is 2.69. The summed E-state index contributed by atoms with van der Waals surface area (Å²) in [5.41, 5.74) is 0. The second kappa shape index (κ2) is 18.1. The largest absolute Gasteiger partial charge is 0.329 e. The average Bonchev–Trinajstić information content (AvgIpc) is 2.51. The van der Waals surface area contributed by atoms with Gasteiger partial charge in [-0.3, -0.25) is 0 Å². The van der Waals surface area contributed by atoms with Crippen LogP contribution in [0.5, 0.6) is 0 Å². The molecule has 3 nitrogen and oxygen atoms in total. The molecule has 0 saturated heterocycles. The lowest BCUT2D eigenvalue weighted by molar-refractivity contribution is 0.193.